The van der Waals surface area contributed by atoms with E-state index in [0.29, 0.717) is 12.3 Å². The Morgan fingerprint density at radius 1 is 1.11 bits per heavy atom. The molecule has 1 rings (SSSR count). The maximum atomic E-state index is 11.8. The monoisotopic (exact) mass is 272 g/mol. The van der Waals surface area contributed by atoms with Crippen molar-refractivity contribution in [2.45, 2.75) is 39.4 Å². The highest BCUT2D eigenvalue weighted by Crippen LogP contribution is 2.62. The molecule has 0 bridgehead atoms. The molecule has 19 heavy (non-hydrogen) atoms. The van der Waals surface area contributed by atoms with Crippen LogP contribution in [0.3, 0.4) is 0 Å². The molecule has 0 radical (unpaired) electrons. The van der Waals surface area contributed by atoms with Crippen molar-refractivity contribution in [2.75, 3.05) is 21.3 Å². The molecule has 0 saturated heterocycles. The van der Waals surface area contributed by atoms with Gasteiger partial charge < -0.3 is 14.2 Å². The Kier molecular flexibility index (Phi) is 5.50. The Bertz CT molecular complexity index is 333. The lowest BCUT2D eigenvalue weighted by atomic mass is 10.0. The molecule has 5 nitrogen and oxygen atoms in total. The van der Waals surface area contributed by atoms with Crippen LogP contribution in [0.1, 0.15) is 33.1 Å². The smallest absolute Gasteiger partial charge is 0.313 e. The molecule has 0 N–H and O–H groups in total. The number of rotatable bonds is 8. The molecule has 1 saturated carbocycles. The fraction of sp³-hybridized carbons (Fsp3) is 0.857. The Morgan fingerprint density at radius 3 is 2.16 bits per heavy atom. The number of carbonyl (C=O) groups is 2. The molecule has 0 aliphatic heterocycles. The Morgan fingerprint density at radius 2 is 1.68 bits per heavy atom. The van der Waals surface area contributed by atoms with E-state index < -0.39 is 5.97 Å². The first-order valence-electron chi connectivity index (χ1n) is 6.50. The lowest BCUT2D eigenvalue weighted by molar-refractivity contribution is -0.143. The third-order valence-corrected chi connectivity index (χ3v) is 4.28. The minimum Gasteiger partial charge on any atom is -0.469 e. The summed E-state index contributed by atoms with van der Waals surface area (Å²) in [7, 11) is 4.52. The molecular formula is C14H24O5. The van der Waals surface area contributed by atoms with Crippen molar-refractivity contribution in [1.29, 1.82) is 0 Å². The van der Waals surface area contributed by atoms with E-state index in [1.54, 1.807) is 14.2 Å². The number of hydrogen-bond acceptors (Lipinski definition) is 5. The van der Waals surface area contributed by atoms with Gasteiger partial charge in [-0.2, -0.15) is 0 Å². The molecule has 1 aliphatic carbocycles. The first-order valence-corrected chi connectivity index (χ1v) is 6.50. The van der Waals surface area contributed by atoms with Gasteiger partial charge in [0, 0.05) is 27.1 Å². The summed E-state index contributed by atoms with van der Waals surface area (Å²) in [5, 5.41) is 0. The van der Waals surface area contributed by atoms with E-state index in [2.05, 4.69) is 18.6 Å². The van der Waals surface area contributed by atoms with Gasteiger partial charge in [0.25, 0.3) is 0 Å². The van der Waals surface area contributed by atoms with Crippen LogP contribution in [-0.4, -0.2) is 39.4 Å². The van der Waals surface area contributed by atoms with E-state index >= 15 is 0 Å². The van der Waals surface area contributed by atoms with Crippen LogP contribution in [0.2, 0.25) is 0 Å². The third kappa shape index (κ3) is 4.01. The van der Waals surface area contributed by atoms with Gasteiger partial charge in [0.15, 0.2) is 6.29 Å². The van der Waals surface area contributed by atoms with Crippen molar-refractivity contribution in [1.82, 2.24) is 0 Å². The van der Waals surface area contributed by atoms with Crippen LogP contribution in [0, 0.1) is 17.3 Å². The van der Waals surface area contributed by atoms with Crippen molar-refractivity contribution in [3.8, 4) is 0 Å². The fourth-order valence-corrected chi connectivity index (χ4v) is 2.78. The average Bonchev–Trinajstić information content (AvgIpc) is 2.86. The number of carbonyl (C=O) groups excluding carboxylic acids is 2. The van der Waals surface area contributed by atoms with Gasteiger partial charge in [-0.05, 0) is 17.3 Å². The van der Waals surface area contributed by atoms with E-state index in [1.165, 1.54) is 7.11 Å². The van der Waals surface area contributed by atoms with Crippen molar-refractivity contribution >= 4 is 11.8 Å². The van der Waals surface area contributed by atoms with Crippen LogP contribution in [0.5, 0.6) is 0 Å². The normalized spacial score (nSPS) is 24.3. The number of ether oxygens (including phenoxy) is 3. The zero-order chi connectivity index (χ0) is 14.6. The number of ketones is 1. The largest absolute Gasteiger partial charge is 0.469 e. The minimum atomic E-state index is -0.466. The lowest BCUT2D eigenvalue weighted by Crippen LogP contribution is -2.15. The predicted octanol–water partition coefficient (Wildman–Crippen LogP) is 1.79. The van der Waals surface area contributed by atoms with E-state index in [1.807, 2.05) is 0 Å². The van der Waals surface area contributed by atoms with Crippen LogP contribution in [0.4, 0.5) is 0 Å². The topological polar surface area (TPSA) is 61.8 Å². The van der Waals surface area contributed by atoms with Crippen LogP contribution < -0.4 is 0 Å². The number of Topliss-reactive ketones (excluding diaryl/α,β-unsaturated/α-hetero) is 1. The Hall–Kier alpha value is -0.940. The van der Waals surface area contributed by atoms with Crippen LogP contribution in [-0.2, 0) is 23.8 Å². The lowest BCUT2D eigenvalue weighted by Gasteiger charge is -2.13. The fourth-order valence-electron chi connectivity index (χ4n) is 2.78. The van der Waals surface area contributed by atoms with Crippen LogP contribution in [0.25, 0.3) is 0 Å². The quantitative estimate of drug-likeness (QED) is 0.383. The summed E-state index contributed by atoms with van der Waals surface area (Å²) in [6.07, 6.45) is 0.835. The number of esters is 1. The summed E-state index contributed by atoms with van der Waals surface area (Å²) >= 11 is 0. The van der Waals surface area contributed by atoms with E-state index in [9.17, 15) is 9.59 Å². The van der Waals surface area contributed by atoms with Crippen LogP contribution in [0.15, 0.2) is 0 Å². The van der Waals surface area contributed by atoms with Crippen molar-refractivity contribution in [3.63, 3.8) is 0 Å². The highest BCUT2D eigenvalue weighted by molar-refractivity contribution is 5.95. The van der Waals surface area contributed by atoms with Gasteiger partial charge in [0.1, 0.15) is 12.2 Å². The second kappa shape index (κ2) is 6.48. The first kappa shape index (κ1) is 16.1. The summed E-state index contributed by atoms with van der Waals surface area (Å²) in [5.41, 5.74) is 0.0983. The van der Waals surface area contributed by atoms with Crippen molar-refractivity contribution in [3.05, 3.63) is 0 Å². The third-order valence-electron chi connectivity index (χ3n) is 4.28. The maximum Gasteiger partial charge on any atom is 0.313 e. The van der Waals surface area contributed by atoms with Crippen LogP contribution >= 0.6 is 0 Å². The standard InChI is InChI=1S/C14H24O5/c1-14(2)10(6-9(15)7-12(16)17-3)11(14)8-13(18-4)19-5/h10-11,13H,6-8H2,1-5H3/t10-,11+/m0/s1. The maximum absolute atomic E-state index is 11.8. The molecular weight excluding hydrogens is 248 g/mol. The van der Waals surface area contributed by atoms with Gasteiger partial charge in [-0.1, -0.05) is 13.8 Å². The van der Waals surface area contributed by atoms with Crippen molar-refractivity contribution in [2.24, 2.45) is 17.3 Å². The van der Waals surface area contributed by atoms with Gasteiger partial charge in [-0.25, -0.2) is 0 Å². The predicted molar refractivity (Wildman–Crippen MR) is 69.4 cm³/mol. The molecule has 0 unspecified atom stereocenters. The van der Waals surface area contributed by atoms with Gasteiger partial charge >= 0.3 is 5.97 Å². The molecule has 0 spiro atoms. The molecule has 0 amide bonds. The average molecular weight is 272 g/mol. The summed E-state index contributed by atoms with van der Waals surface area (Å²) < 4.78 is 14.9. The zero-order valence-corrected chi connectivity index (χ0v) is 12.4. The van der Waals surface area contributed by atoms with Gasteiger partial charge in [-0.15, -0.1) is 0 Å². The Labute approximate surface area is 114 Å². The molecule has 0 aromatic heterocycles. The molecule has 110 valence electrons. The minimum absolute atomic E-state index is 0.0567. The highest BCUT2D eigenvalue weighted by Gasteiger charge is 2.58. The van der Waals surface area contributed by atoms with Gasteiger partial charge in [0.05, 0.1) is 7.11 Å². The second-order valence-corrected chi connectivity index (χ2v) is 5.67. The molecule has 0 aromatic rings. The number of hydrogen-bond donors (Lipinski definition) is 0. The number of methoxy groups -OCH3 is 3. The molecule has 5 heteroatoms. The SMILES string of the molecule is COC(=O)CC(=O)C[C@H]1[C@@H](CC(OC)OC)C1(C)C. The molecule has 0 aromatic carbocycles. The Balaban J connectivity index is 2.46. The van der Waals surface area contributed by atoms with E-state index in [0.717, 1.165) is 6.42 Å². The summed E-state index contributed by atoms with van der Waals surface area (Å²) in [4.78, 5) is 22.8. The molecule has 2 atom stereocenters. The zero-order valence-electron chi connectivity index (χ0n) is 12.4. The first-order chi connectivity index (χ1) is 8.86. The van der Waals surface area contributed by atoms with Crippen molar-refractivity contribution < 1.29 is 23.8 Å². The highest BCUT2D eigenvalue weighted by atomic mass is 16.7. The molecule has 1 aliphatic rings. The van der Waals surface area contributed by atoms with E-state index in [4.69, 9.17) is 9.47 Å². The van der Waals surface area contributed by atoms with Gasteiger partial charge in [0.2, 0.25) is 0 Å². The summed E-state index contributed by atoms with van der Waals surface area (Å²) in [6.45, 7) is 4.27. The van der Waals surface area contributed by atoms with Gasteiger partial charge in [-0.3, -0.25) is 9.59 Å². The molecule has 0 heterocycles. The summed E-state index contributed by atoms with van der Waals surface area (Å²) in [5.74, 6) is 0.155. The summed E-state index contributed by atoms with van der Waals surface area (Å²) in [6, 6.07) is 0. The molecule has 1 fully saturated rings. The second-order valence-electron chi connectivity index (χ2n) is 5.67. The van der Waals surface area contributed by atoms with E-state index in [-0.39, 0.29) is 29.8 Å².